The molecule has 7 nitrogen and oxygen atoms in total. The fourth-order valence-electron chi connectivity index (χ4n) is 2.02. The molecule has 0 aliphatic carbocycles. The highest BCUT2D eigenvalue weighted by atomic mass is 16.6. The van der Waals surface area contributed by atoms with Gasteiger partial charge in [-0.2, -0.15) is 0 Å². The van der Waals surface area contributed by atoms with Crippen LogP contribution in [-0.4, -0.2) is 37.8 Å². The van der Waals surface area contributed by atoms with Crippen LogP contribution in [0.3, 0.4) is 0 Å². The van der Waals surface area contributed by atoms with Crippen molar-refractivity contribution in [2.24, 2.45) is 5.73 Å². The fraction of sp³-hybridized carbons (Fsp3) is 0.571. The Kier molecular flexibility index (Phi) is 7.49. The molecule has 1 atom stereocenters. The highest BCUT2D eigenvalue weighted by Gasteiger charge is 2.18. The number of anilines is 1. The van der Waals surface area contributed by atoms with Gasteiger partial charge in [-0.1, -0.05) is 0 Å². The van der Waals surface area contributed by atoms with Crippen molar-refractivity contribution in [1.29, 1.82) is 0 Å². The molecule has 0 radical (unpaired) electrons. The normalized spacial score (nSPS) is 12.0. The highest BCUT2D eigenvalue weighted by molar-refractivity contribution is 5.64. The van der Waals surface area contributed by atoms with Gasteiger partial charge in [0.15, 0.2) is 0 Å². The Morgan fingerprint density at radius 3 is 2.81 bits per heavy atom. The van der Waals surface area contributed by atoms with Crippen molar-refractivity contribution in [1.82, 2.24) is 0 Å². The first-order valence-electron chi connectivity index (χ1n) is 6.99. The zero-order valence-corrected chi connectivity index (χ0v) is 12.5. The first kappa shape index (κ1) is 17.2. The zero-order chi connectivity index (χ0) is 15.7. The molecule has 0 aromatic heterocycles. The summed E-state index contributed by atoms with van der Waals surface area (Å²) in [4.78, 5) is 10.8. The first-order chi connectivity index (χ1) is 10.1. The number of nitrogens with one attached hydrogen (secondary N) is 1. The van der Waals surface area contributed by atoms with Crippen LogP contribution in [0.25, 0.3) is 0 Å². The topological polar surface area (TPSA) is 99.7 Å². The van der Waals surface area contributed by atoms with Gasteiger partial charge in [-0.05, 0) is 38.4 Å². The summed E-state index contributed by atoms with van der Waals surface area (Å²) >= 11 is 0. The molecule has 0 heterocycles. The van der Waals surface area contributed by atoms with Gasteiger partial charge >= 0.3 is 0 Å². The third kappa shape index (κ3) is 5.57. The molecule has 7 heteroatoms. The van der Waals surface area contributed by atoms with Gasteiger partial charge in [0.05, 0.1) is 24.2 Å². The summed E-state index contributed by atoms with van der Waals surface area (Å²) in [5, 5.41) is 14.3. The minimum atomic E-state index is -0.419. The van der Waals surface area contributed by atoms with Crippen LogP contribution in [0.1, 0.15) is 19.8 Å². The Hall–Kier alpha value is -1.86. The number of rotatable bonds is 10. The fourth-order valence-corrected chi connectivity index (χ4v) is 2.02. The van der Waals surface area contributed by atoms with E-state index in [1.807, 2.05) is 6.92 Å². The molecule has 3 N–H and O–H groups in total. The zero-order valence-electron chi connectivity index (χ0n) is 12.5. The van der Waals surface area contributed by atoms with Gasteiger partial charge in [-0.15, -0.1) is 0 Å². The quantitative estimate of drug-likeness (QED) is 0.507. The molecule has 0 spiro atoms. The van der Waals surface area contributed by atoms with Gasteiger partial charge < -0.3 is 20.5 Å². The second kappa shape index (κ2) is 9.15. The second-order valence-electron chi connectivity index (χ2n) is 4.60. The summed E-state index contributed by atoms with van der Waals surface area (Å²) in [6.45, 7) is 3.34. The highest BCUT2D eigenvalue weighted by Crippen LogP contribution is 2.30. The van der Waals surface area contributed by atoms with E-state index in [2.05, 4.69) is 5.32 Å². The van der Waals surface area contributed by atoms with Crippen molar-refractivity contribution in [3.63, 3.8) is 0 Å². The van der Waals surface area contributed by atoms with Crippen LogP contribution in [0.2, 0.25) is 0 Å². The Morgan fingerprint density at radius 1 is 1.48 bits per heavy atom. The molecular weight excluding hydrogens is 274 g/mol. The summed E-state index contributed by atoms with van der Waals surface area (Å²) in [5.41, 5.74) is 5.96. The number of ether oxygens (including phenoxy) is 2. The molecule has 0 saturated carbocycles. The first-order valence-corrected chi connectivity index (χ1v) is 6.99. The van der Waals surface area contributed by atoms with Crippen LogP contribution < -0.4 is 15.8 Å². The summed E-state index contributed by atoms with van der Waals surface area (Å²) in [7, 11) is 1.60. The number of hydrogen-bond donors (Lipinski definition) is 2. The van der Waals surface area contributed by atoms with Crippen LogP contribution >= 0.6 is 0 Å². The number of nitrogens with zero attached hydrogens (tertiary/aromatic N) is 1. The molecule has 0 aliphatic rings. The van der Waals surface area contributed by atoms with Crippen LogP contribution in [0.15, 0.2) is 18.2 Å². The summed E-state index contributed by atoms with van der Waals surface area (Å²) in [5.74, 6) is 0.486. The lowest BCUT2D eigenvalue weighted by molar-refractivity contribution is -0.384. The van der Waals surface area contributed by atoms with E-state index in [-0.39, 0.29) is 11.7 Å². The predicted molar refractivity (Wildman–Crippen MR) is 81.8 cm³/mol. The third-order valence-electron chi connectivity index (χ3n) is 2.96. The average molecular weight is 297 g/mol. The molecule has 0 bridgehead atoms. The lowest BCUT2D eigenvalue weighted by atomic mass is 10.1. The Labute approximate surface area is 124 Å². The van der Waals surface area contributed by atoms with E-state index in [0.717, 1.165) is 12.8 Å². The van der Waals surface area contributed by atoms with E-state index in [9.17, 15) is 10.1 Å². The molecule has 1 aromatic rings. The van der Waals surface area contributed by atoms with Gasteiger partial charge in [0.25, 0.3) is 5.69 Å². The van der Waals surface area contributed by atoms with Crippen LogP contribution in [0.4, 0.5) is 11.4 Å². The van der Waals surface area contributed by atoms with Crippen LogP contribution in [0, 0.1) is 10.1 Å². The van der Waals surface area contributed by atoms with Crippen molar-refractivity contribution in [3.8, 4) is 5.75 Å². The molecule has 1 unspecified atom stereocenters. The van der Waals surface area contributed by atoms with Crippen molar-refractivity contribution in [3.05, 3.63) is 28.3 Å². The van der Waals surface area contributed by atoms with E-state index in [0.29, 0.717) is 31.2 Å². The molecule has 1 rings (SSSR count). The maximum absolute atomic E-state index is 11.2. The molecule has 0 saturated heterocycles. The lowest BCUT2D eigenvalue weighted by Crippen LogP contribution is -2.26. The number of hydrogen-bond acceptors (Lipinski definition) is 6. The van der Waals surface area contributed by atoms with E-state index in [1.54, 1.807) is 19.2 Å². The number of nitrogens with two attached hydrogens (primary N) is 1. The van der Waals surface area contributed by atoms with Crippen molar-refractivity contribution >= 4 is 11.4 Å². The van der Waals surface area contributed by atoms with Crippen molar-refractivity contribution in [2.45, 2.75) is 25.8 Å². The average Bonchev–Trinajstić information content (AvgIpc) is 2.46. The van der Waals surface area contributed by atoms with E-state index >= 15 is 0 Å². The van der Waals surface area contributed by atoms with Crippen molar-refractivity contribution in [2.75, 3.05) is 32.2 Å². The number of nitro benzene ring substituents is 1. The molecule has 0 amide bonds. The SMILES string of the molecule is CCOc1ccc(NC(CCCN)COC)c([N+](=O)[O-])c1. The van der Waals surface area contributed by atoms with E-state index in [1.165, 1.54) is 6.07 Å². The Morgan fingerprint density at radius 2 is 2.24 bits per heavy atom. The minimum Gasteiger partial charge on any atom is -0.494 e. The van der Waals surface area contributed by atoms with Gasteiger partial charge in [0.2, 0.25) is 0 Å². The maximum Gasteiger partial charge on any atom is 0.296 e. The number of benzene rings is 1. The van der Waals surface area contributed by atoms with Gasteiger partial charge in [-0.25, -0.2) is 0 Å². The number of nitro groups is 1. The maximum atomic E-state index is 11.2. The van der Waals surface area contributed by atoms with Gasteiger partial charge in [0, 0.05) is 13.2 Å². The summed E-state index contributed by atoms with van der Waals surface area (Å²) < 4.78 is 10.4. The van der Waals surface area contributed by atoms with Crippen LogP contribution in [-0.2, 0) is 4.74 Å². The van der Waals surface area contributed by atoms with Crippen LogP contribution in [0.5, 0.6) is 5.75 Å². The van der Waals surface area contributed by atoms with E-state index < -0.39 is 4.92 Å². The van der Waals surface area contributed by atoms with Gasteiger partial charge in [-0.3, -0.25) is 10.1 Å². The predicted octanol–water partition coefficient (Wildman–Crippen LogP) is 2.16. The third-order valence-corrected chi connectivity index (χ3v) is 2.96. The monoisotopic (exact) mass is 297 g/mol. The second-order valence-corrected chi connectivity index (χ2v) is 4.60. The summed E-state index contributed by atoms with van der Waals surface area (Å²) in [6.07, 6.45) is 1.61. The molecule has 1 aromatic carbocycles. The largest absolute Gasteiger partial charge is 0.494 e. The standard InChI is InChI=1S/C14H23N3O4/c1-3-21-12-6-7-13(14(9-12)17(18)19)16-11(10-20-2)5-4-8-15/h6-7,9,11,16H,3-5,8,10,15H2,1-2H3. The van der Waals surface area contributed by atoms with Gasteiger partial charge in [0.1, 0.15) is 11.4 Å². The Bertz CT molecular complexity index is 454. The molecule has 21 heavy (non-hydrogen) atoms. The van der Waals surface area contributed by atoms with Crippen molar-refractivity contribution < 1.29 is 14.4 Å². The molecule has 118 valence electrons. The smallest absolute Gasteiger partial charge is 0.296 e. The molecule has 0 fully saturated rings. The Balaban J connectivity index is 2.90. The number of methoxy groups -OCH3 is 1. The lowest BCUT2D eigenvalue weighted by Gasteiger charge is -2.19. The molecular formula is C14H23N3O4. The molecule has 0 aliphatic heterocycles. The summed E-state index contributed by atoms with van der Waals surface area (Å²) in [6, 6.07) is 4.79. The van der Waals surface area contributed by atoms with E-state index in [4.69, 9.17) is 15.2 Å². The minimum absolute atomic E-state index is 0.00481.